The first-order valence-electron chi connectivity index (χ1n) is 18.4. The van der Waals surface area contributed by atoms with Gasteiger partial charge < -0.3 is 9.84 Å². The summed E-state index contributed by atoms with van der Waals surface area (Å²) in [6.07, 6.45) is 46.8. The summed E-state index contributed by atoms with van der Waals surface area (Å²) in [4.78, 5) is 11.9. The molecule has 0 fully saturated rings. The molecule has 0 aromatic carbocycles. The van der Waals surface area contributed by atoms with Gasteiger partial charge in [0.25, 0.3) is 0 Å². The van der Waals surface area contributed by atoms with E-state index < -0.39 is 0 Å². The third-order valence-corrected chi connectivity index (χ3v) is 8.15. The van der Waals surface area contributed by atoms with Gasteiger partial charge in [-0.05, 0) is 51.4 Å². The predicted octanol–water partition coefficient (Wildman–Crippen LogP) is 12.4. The van der Waals surface area contributed by atoms with Gasteiger partial charge >= 0.3 is 5.97 Å². The van der Waals surface area contributed by atoms with Gasteiger partial charge in [0.2, 0.25) is 0 Å². The molecule has 0 saturated carbocycles. The fourth-order valence-corrected chi connectivity index (χ4v) is 5.38. The Labute approximate surface area is 257 Å². The van der Waals surface area contributed by atoms with Crippen molar-refractivity contribution in [1.29, 1.82) is 0 Å². The van der Waals surface area contributed by atoms with Gasteiger partial charge in [-0.2, -0.15) is 0 Å². The second kappa shape index (κ2) is 36.9. The third kappa shape index (κ3) is 36.9. The largest absolute Gasteiger partial charge is 0.466 e. The first-order valence-corrected chi connectivity index (χ1v) is 18.4. The van der Waals surface area contributed by atoms with Crippen molar-refractivity contribution < 1.29 is 14.6 Å². The zero-order chi connectivity index (χ0) is 29.7. The van der Waals surface area contributed by atoms with Crippen molar-refractivity contribution >= 4 is 5.97 Å². The van der Waals surface area contributed by atoms with Crippen LogP contribution in [0.4, 0.5) is 0 Å². The molecule has 0 heterocycles. The van der Waals surface area contributed by atoms with Crippen LogP contribution >= 0.6 is 0 Å². The van der Waals surface area contributed by atoms with Crippen LogP contribution in [0.15, 0.2) is 24.3 Å². The molecule has 0 amide bonds. The molecular weight excluding hydrogens is 504 g/mol. The van der Waals surface area contributed by atoms with E-state index >= 15 is 0 Å². The molecule has 0 radical (unpaired) electrons. The Morgan fingerprint density at radius 1 is 0.488 bits per heavy atom. The van der Waals surface area contributed by atoms with Crippen molar-refractivity contribution in [2.24, 2.45) is 0 Å². The normalized spacial score (nSPS) is 11.8. The molecule has 0 aromatic heterocycles. The molecule has 3 heteroatoms. The van der Waals surface area contributed by atoms with Crippen LogP contribution in [0, 0.1) is 0 Å². The van der Waals surface area contributed by atoms with E-state index in [4.69, 9.17) is 9.84 Å². The Bertz CT molecular complexity index is 554. The van der Waals surface area contributed by atoms with Crippen molar-refractivity contribution in [3.63, 3.8) is 0 Å². The lowest BCUT2D eigenvalue weighted by Crippen LogP contribution is -2.05. The highest BCUT2D eigenvalue weighted by molar-refractivity contribution is 5.69. The molecule has 242 valence electrons. The van der Waals surface area contributed by atoms with E-state index in [2.05, 4.69) is 31.2 Å². The number of aliphatic hydroxyl groups is 1. The van der Waals surface area contributed by atoms with E-state index in [0.717, 1.165) is 32.1 Å². The van der Waals surface area contributed by atoms with E-state index in [-0.39, 0.29) is 5.97 Å². The second-order valence-electron chi connectivity index (χ2n) is 12.3. The Hall–Kier alpha value is -1.09. The molecule has 0 aliphatic carbocycles. The maximum absolute atomic E-state index is 11.9. The van der Waals surface area contributed by atoms with E-state index in [1.807, 2.05) is 0 Å². The summed E-state index contributed by atoms with van der Waals surface area (Å²) < 4.78 is 5.43. The van der Waals surface area contributed by atoms with Crippen LogP contribution in [0.1, 0.15) is 200 Å². The highest BCUT2D eigenvalue weighted by atomic mass is 16.5. The number of aliphatic hydroxyl groups excluding tert-OH is 1. The molecule has 1 N–H and O–H groups in total. The number of unbranched alkanes of at least 4 members (excludes halogenated alkanes) is 25. The zero-order valence-corrected chi connectivity index (χ0v) is 27.7. The molecule has 41 heavy (non-hydrogen) atoms. The fourth-order valence-electron chi connectivity index (χ4n) is 5.38. The smallest absolute Gasteiger partial charge is 0.305 e. The summed E-state index contributed by atoms with van der Waals surface area (Å²) in [6, 6.07) is 0. The summed E-state index contributed by atoms with van der Waals surface area (Å²) in [5.74, 6) is 0.00456. The van der Waals surface area contributed by atoms with Gasteiger partial charge in [-0.3, -0.25) is 4.79 Å². The lowest BCUT2D eigenvalue weighted by molar-refractivity contribution is -0.143. The number of allylic oxidation sites excluding steroid dienone is 4. The standard InChI is InChI=1S/C38H72O3/c1-2-3-4-5-6-7-8-9-14-17-20-23-26-29-32-35-38(40)41-37-34-31-28-25-22-19-16-13-11-10-12-15-18-21-24-27-30-33-36-39/h6-7,9,14,39H,2-5,8,10-13,15-37H2,1H3. The number of carbonyl (C=O) groups excluding carboxylic acids is 1. The molecule has 0 atom stereocenters. The van der Waals surface area contributed by atoms with Crippen LogP contribution in [-0.2, 0) is 9.53 Å². The van der Waals surface area contributed by atoms with E-state index in [9.17, 15) is 4.79 Å². The van der Waals surface area contributed by atoms with Crippen LogP contribution < -0.4 is 0 Å². The average molecular weight is 577 g/mol. The third-order valence-electron chi connectivity index (χ3n) is 8.15. The molecule has 0 aliphatic rings. The quantitative estimate of drug-likeness (QED) is 0.0471. The molecule has 0 aromatic rings. The highest BCUT2D eigenvalue weighted by Gasteiger charge is 2.02. The maximum atomic E-state index is 11.9. The van der Waals surface area contributed by atoms with Crippen LogP contribution in [0.5, 0.6) is 0 Å². The van der Waals surface area contributed by atoms with Crippen molar-refractivity contribution in [1.82, 2.24) is 0 Å². The summed E-state index contributed by atoms with van der Waals surface area (Å²) in [5.41, 5.74) is 0. The zero-order valence-electron chi connectivity index (χ0n) is 27.7. The molecule has 0 aliphatic heterocycles. The van der Waals surface area contributed by atoms with Gasteiger partial charge in [-0.15, -0.1) is 0 Å². The topological polar surface area (TPSA) is 46.5 Å². The minimum Gasteiger partial charge on any atom is -0.466 e. The summed E-state index contributed by atoms with van der Waals surface area (Å²) >= 11 is 0. The summed E-state index contributed by atoms with van der Waals surface area (Å²) in [7, 11) is 0. The fraction of sp³-hybridized carbons (Fsp3) is 0.868. The monoisotopic (exact) mass is 577 g/mol. The second-order valence-corrected chi connectivity index (χ2v) is 12.3. The molecule has 0 spiro atoms. The lowest BCUT2D eigenvalue weighted by Gasteiger charge is -2.05. The highest BCUT2D eigenvalue weighted by Crippen LogP contribution is 2.15. The SMILES string of the molecule is CCCCCC=CCC=CCCCCCCCC(=O)OCCCCCCCCCCCCCCCCCCCCO. The van der Waals surface area contributed by atoms with E-state index in [1.54, 1.807) is 0 Å². The van der Waals surface area contributed by atoms with Crippen molar-refractivity contribution in [2.45, 2.75) is 200 Å². The van der Waals surface area contributed by atoms with Crippen molar-refractivity contribution in [3.8, 4) is 0 Å². The number of carbonyl (C=O) groups is 1. The van der Waals surface area contributed by atoms with Gasteiger partial charge in [0.1, 0.15) is 0 Å². The first-order chi connectivity index (χ1) is 20.3. The Morgan fingerprint density at radius 2 is 0.878 bits per heavy atom. The summed E-state index contributed by atoms with van der Waals surface area (Å²) in [5, 5.41) is 8.78. The van der Waals surface area contributed by atoms with Crippen LogP contribution in [-0.4, -0.2) is 24.3 Å². The van der Waals surface area contributed by atoms with Crippen molar-refractivity contribution in [2.75, 3.05) is 13.2 Å². The number of hydrogen-bond donors (Lipinski definition) is 1. The number of esters is 1. The molecule has 0 saturated heterocycles. The number of hydrogen-bond acceptors (Lipinski definition) is 3. The molecular formula is C38H72O3. The van der Waals surface area contributed by atoms with Crippen LogP contribution in [0.2, 0.25) is 0 Å². The number of rotatable bonds is 34. The van der Waals surface area contributed by atoms with Gasteiger partial charge in [-0.25, -0.2) is 0 Å². The Balaban J connectivity index is 3.20. The lowest BCUT2D eigenvalue weighted by atomic mass is 10.0. The Morgan fingerprint density at radius 3 is 1.34 bits per heavy atom. The first kappa shape index (κ1) is 39.9. The molecule has 0 unspecified atom stereocenters. The summed E-state index contributed by atoms with van der Waals surface area (Å²) in [6.45, 7) is 3.22. The Kier molecular flexibility index (Phi) is 36.0. The average Bonchev–Trinajstić information content (AvgIpc) is 2.98. The molecule has 3 nitrogen and oxygen atoms in total. The van der Waals surface area contributed by atoms with Crippen LogP contribution in [0.25, 0.3) is 0 Å². The van der Waals surface area contributed by atoms with Crippen LogP contribution in [0.3, 0.4) is 0 Å². The maximum Gasteiger partial charge on any atom is 0.305 e. The molecule has 0 rings (SSSR count). The predicted molar refractivity (Wildman–Crippen MR) is 181 cm³/mol. The minimum atomic E-state index is 0.00456. The molecule has 0 bridgehead atoms. The van der Waals surface area contributed by atoms with Gasteiger partial charge in [0.05, 0.1) is 6.61 Å². The van der Waals surface area contributed by atoms with E-state index in [0.29, 0.717) is 19.6 Å². The number of ether oxygens (including phenoxy) is 1. The van der Waals surface area contributed by atoms with Crippen molar-refractivity contribution in [3.05, 3.63) is 24.3 Å². The van der Waals surface area contributed by atoms with E-state index in [1.165, 1.54) is 154 Å². The minimum absolute atomic E-state index is 0.00456. The van der Waals surface area contributed by atoms with Gasteiger partial charge in [0, 0.05) is 13.0 Å². The van der Waals surface area contributed by atoms with Gasteiger partial charge in [-0.1, -0.05) is 166 Å². The van der Waals surface area contributed by atoms with Gasteiger partial charge in [0.15, 0.2) is 0 Å².